The zero-order valence-corrected chi connectivity index (χ0v) is 12.2. The quantitative estimate of drug-likeness (QED) is 0.897. The molecule has 0 atom stereocenters. The highest BCUT2D eigenvalue weighted by Gasteiger charge is 2.30. The third-order valence-electron chi connectivity index (χ3n) is 2.64. The minimum atomic E-state index is -1.06. The average Bonchev–Trinajstić information content (AvgIpc) is 2.22. The summed E-state index contributed by atoms with van der Waals surface area (Å²) in [5.74, 6) is -1.29. The second kappa shape index (κ2) is 5.52. The molecule has 18 heavy (non-hydrogen) atoms. The highest BCUT2D eigenvalue weighted by atomic mass is 79.9. The minimum absolute atomic E-state index is 0.0617. The van der Waals surface area contributed by atoms with E-state index >= 15 is 0 Å². The summed E-state index contributed by atoms with van der Waals surface area (Å²) in [6.45, 7) is 5.00. The number of nitrogens with one attached hydrogen (secondary N) is 1. The molecule has 0 spiro atoms. The Morgan fingerprint density at radius 3 is 2.50 bits per heavy atom. The number of amides is 1. The van der Waals surface area contributed by atoms with Crippen molar-refractivity contribution in [3.63, 3.8) is 0 Å². The predicted octanol–water partition coefficient (Wildman–Crippen LogP) is 3.20. The van der Waals surface area contributed by atoms with E-state index in [1.807, 2.05) is 13.0 Å². The van der Waals surface area contributed by atoms with Gasteiger partial charge in [-0.05, 0) is 38.5 Å². The fourth-order valence-corrected chi connectivity index (χ4v) is 1.73. The maximum atomic E-state index is 11.7. The van der Waals surface area contributed by atoms with Gasteiger partial charge in [0.1, 0.15) is 0 Å². The summed E-state index contributed by atoms with van der Waals surface area (Å²) in [4.78, 5) is 22.7. The second-order valence-electron chi connectivity index (χ2n) is 4.88. The van der Waals surface area contributed by atoms with Crippen LogP contribution < -0.4 is 5.32 Å². The Kier molecular flexibility index (Phi) is 4.51. The Morgan fingerprint density at radius 1 is 1.39 bits per heavy atom. The summed E-state index contributed by atoms with van der Waals surface area (Å²) in [5, 5.41) is 11.6. The van der Waals surface area contributed by atoms with Gasteiger partial charge in [-0.2, -0.15) is 0 Å². The highest BCUT2D eigenvalue weighted by Crippen LogP contribution is 2.23. The SMILES string of the molecule is Cc1ccc(NC(=O)CC(C)(C)C(=O)O)cc1Br. The van der Waals surface area contributed by atoms with Crippen LogP contribution in [0.3, 0.4) is 0 Å². The molecule has 1 aromatic rings. The van der Waals surface area contributed by atoms with Crippen molar-refractivity contribution in [2.45, 2.75) is 27.2 Å². The van der Waals surface area contributed by atoms with Crippen LogP contribution in [-0.2, 0) is 9.59 Å². The van der Waals surface area contributed by atoms with Gasteiger partial charge >= 0.3 is 5.97 Å². The number of halogens is 1. The van der Waals surface area contributed by atoms with Crippen LogP contribution in [0.5, 0.6) is 0 Å². The van der Waals surface area contributed by atoms with E-state index in [-0.39, 0.29) is 12.3 Å². The molecule has 1 aromatic carbocycles. The van der Waals surface area contributed by atoms with E-state index in [0.717, 1.165) is 10.0 Å². The van der Waals surface area contributed by atoms with Crippen LogP contribution in [0.2, 0.25) is 0 Å². The summed E-state index contributed by atoms with van der Waals surface area (Å²) in [5.41, 5.74) is 0.656. The van der Waals surface area contributed by atoms with Gasteiger partial charge in [0.2, 0.25) is 5.91 Å². The second-order valence-corrected chi connectivity index (χ2v) is 5.73. The molecule has 1 amide bonds. The lowest BCUT2D eigenvalue weighted by Gasteiger charge is -2.18. The number of hydrogen-bond donors (Lipinski definition) is 2. The van der Waals surface area contributed by atoms with Gasteiger partial charge in [0.15, 0.2) is 0 Å². The largest absolute Gasteiger partial charge is 0.481 e. The first-order valence-electron chi connectivity index (χ1n) is 5.52. The van der Waals surface area contributed by atoms with E-state index in [0.29, 0.717) is 5.69 Å². The van der Waals surface area contributed by atoms with E-state index < -0.39 is 11.4 Å². The topological polar surface area (TPSA) is 66.4 Å². The first-order valence-corrected chi connectivity index (χ1v) is 6.31. The summed E-state index contributed by atoms with van der Waals surface area (Å²) in [6.07, 6.45) is -0.0617. The molecule has 0 saturated heterocycles. The first-order chi connectivity index (χ1) is 8.22. The van der Waals surface area contributed by atoms with Crippen molar-refractivity contribution in [1.29, 1.82) is 0 Å². The fraction of sp³-hybridized carbons (Fsp3) is 0.385. The maximum absolute atomic E-state index is 11.7. The molecule has 0 saturated carbocycles. The van der Waals surface area contributed by atoms with Gasteiger partial charge in [0, 0.05) is 16.6 Å². The van der Waals surface area contributed by atoms with Gasteiger partial charge in [-0.25, -0.2) is 0 Å². The normalized spacial score (nSPS) is 11.1. The van der Waals surface area contributed by atoms with Gasteiger partial charge in [-0.1, -0.05) is 22.0 Å². The molecule has 2 N–H and O–H groups in total. The summed E-state index contributed by atoms with van der Waals surface area (Å²) in [7, 11) is 0. The van der Waals surface area contributed by atoms with E-state index in [4.69, 9.17) is 5.11 Å². The van der Waals surface area contributed by atoms with Crippen molar-refractivity contribution in [2.75, 3.05) is 5.32 Å². The number of carboxylic acid groups (broad SMARTS) is 1. The van der Waals surface area contributed by atoms with Gasteiger partial charge in [0.25, 0.3) is 0 Å². The Labute approximate surface area is 115 Å². The molecule has 1 rings (SSSR count). The number of aryl methyl sites for hydroxylation is 1. The lowest BCUT2D eigenvalue weighted by atomic mass is 9.89. The molecular weight excluding hydrogens is 298 g/mol. The van der Waals surface area contributed by atoms with Gasteiger partial charge in [0.05, 0.1) is 5.41 Å². The molecule has 0 aromatic heterocycles. The average molecular weight is 314 g/mol. The van der Waals surface area contributed by atoms with Gasteiger partial charge in [-0.3, -0.25) is 9.59 Å². The molecule has 0 radical (unpaired) electrons. The van der Waals surface area contributed by atoms with Crippen molar-refractivity contribution in [1.82, 2.24) is 0 Å². The number of hydrogen-bond acceptors (Lipinski definition) is 2. The summed E-state index contributed by atoms with van der Waals surface area (Å²) < 4.78 is 0.901. The molecule has 0 aliphatic heterocycles. The zero-order chi connectivity index (χ0) is 13.9. The van der Waals surface area contributed by atoms with E-state index in [2.05, 4.69) is 21.2 Å². The first kappa shape index (κ1) is 14.7. The number of carbonyl (C=O) groups is 2. The molecule has 4 nitrogen and oxygen atoms in total. The number of aliphatic carboxylic acids is 1. The van der Waals surface area contributed by atoms with Crippen molar-refractivity contribution < 1.29 is 14.7 Å². The number of benzene rings is 1. The molecule has 0 aliphatic carbocycles. The highest BCUT2D eigenvalue weighted by molar-refractivity contribution is 9.10. The van der Waals surface area contributed by atoms with Crippen molar-refractivity contribution in [2.24, 2.45) is 5.41 Å². The van der Waals surface area contributed by atoms with E-state index in [9.17, 15) is 9.59 Å². The Hall–Kier alpha value is -1.36. The van der Waals surface area contributed by atoms with Crippen molar-refractivity contribution in [3.8, 4) is 0 Å². The number of rotatable bonds is 4. The Morgan fingerprint density at radius 2 is 2.00 bits per heavy atom. The van der Waals surface area contributed by atoms with Gasteiger partial charge < -0.3 is 10.4 Å². The summed E-state index contributed by atoms with van der Waals surface area (Å²) in [6, 6.07) is 5.45. The third kappa shape index (κ3) is 3.84. The monoisotopic (exact) mass is 313 g/mol. The van der Waals surface area contributed by atoms with Gasteiger partial charge in [-0.15, -0.1) is 0 Å². The number of carbonyl (C=O) groups excluding carboxylic acids is 1. The minimum Gasteiger partial charge on any atom is -0.481 e. The maximum Gasteiger partial charge on any atom is 0.309 e. The molecule has 0 bridgehead atoms. The Balaban J connectivity index is 2.71. The molecule has 5 heteroatoms. The summed E-state index contributed by atoms with van der Waals surface area (Å²) >= 11 is 3.38. The molecule has 0 aliphatic rings. The van der Waals surface area contributed by atoms with Crippen molar-refractivity contribution >= 4 is 33.5 Å². The van der Waals surface area contributed by atoms with Crippen LogP contribution in [0.15, 0.2) is 22.7 Å². The van der Waals surface area contributed by atoms with E-state index in [1.165, 1.54) is 13.8 Å². The van der Waals surface area contributed by atoms with Crippen LogP contribution in [0, 0.1) is 12.3 Å². The number of anilines is 1. The van der Waals surface area contributed by atoms with Crippen molar-refractivity contribution in [3.05, 3.63) is 28.2 Å². The standard InChI is InChI=1S/C13H16BrNO3/c1-8-4-5-9(6-10(8)14)15-11(16)7-13(2,3)12(17)18/h4-6H,7H2,1-3H3,(H,15,16)(H,17,18). The van der Waals surface area contributed by atoms with E-state index in [1.54, 1.807) is 12.1 Å². The van der Waals surface area contributed by atoms with Crippen LogP contribution in [0.4, 0.5) is 5.69 Å². The number of carboxylic acids is 1. The zero-order valence-electron chi connectivity index (χ0n) is 10.6. The fourth-order valence-electron chi connectivity index (χ4n) is 1.35. The molecule has 0 heterocycles. The van der Waals surface area contributed by atoms with Crippen LogP contribution in [0.25, 0.3) is 0 Å². The molecular formula is C13H16BrNO3. The van der Waals surface area contributed by atoms with Crippen LogP contribution in [-0.4, -0.2) is 17.0 Å². The lowest BCUT2D eigenvalue weighted by molar-refractivity contribution is -0.148. The van der Waals surface area contributed by atoms with Crippen LogP contribution in [0.1, 0.15) is 25.8 Å². The van der Waals surface area contributed by atoms with Crippen LogP contribution >= 0.6 is 15.9 Å². The third-order valence-corrected chi connectivity index (χ3v) is 3.49. The Bertz CT molecular complexity index is 483. The smallest absolute Gasteiger partial charge is 0.309 e. The predicted molar refractivity (Wildman–Crippen MR) is 73.5 cm³/mol. The molecule has 0 fully saturated rings. The lowest BCUT2D eigenvalue weighted by Crippen LogP contribution is -2.29. The molecule has 0 unspecified atom stereocenters. The molecule has 98 valence electrons.